The van der Waals surface area contributed by atoms with Crippen LogP contribution in [-0.2, 0) is 16.9 Å². The third-order valence-electron chi connectivity index (χ3n) is 3.26. The molecule has 1 heterocycles. The Morgan fingerprint density at radius 1 is 1.39 bits per heavy atom. The zero-order chi connectivity index (χ0) is 13.4. The van der Waals surface area contributed by atoms with Gasteiger partial charge >= 0.3 is 0 Å². The molecule has 0 amide bonds. The van der Waals surface area contributed by atoms with Gasteiger partial charge in [0.25, 0.3) is 0 Å². The summed E-state index contributed by atoms with van der Waals surface area (Å²) in [7, 11) is 0. The second kappa shape index (κ2) is 5.12. The molecule has 1 aromatic rings. The molecule has 0 spiro atoms. The van der Waals surface area contributed by atoms with Crippen LogP contribution in [0.15, 0.2) is 22.8 Å². The lowest BCUT2D eigenvalue weighted by Crippen LogP contribution is -2.55. The van der Waals surface area contributed by atoms with Gasteiger partial charge in [0, 0.05) is 11.4 Å². The zero-order valence-electron chi connectivity index (χ0n) is 11.0. The van der Waals surface area contributed by atoms with Crippen molar-refractivity contribution in [1.29, 1.82) is 0 Å². The maximum absolute atomic E-state index is 12.3. The minimum Gasteiger partial charge on any atom is -0.598 e. The summed E-state index contributed by atoms with van der Waals surface area (Å²) in [5.74, 6) is 0. The van der Waals surface area contributed by atoms with Gasteiger partial charge in [0.15, 0.2) is 0 Å². The van der Waals surface area contributed by atoms with Gasteiger partial charge in [-0.15, -0.1) is 4.72 Å². The van der Waals surface area contributed by atoms with Crippen LogP contribution in [0.2, 0.25) is 0 Å². The highest BCUT2D eigenvalue weighted by molar-refractivity contribution is 9.10. The highest BCUT2D eigenvalue weighted by atomic mass is 79.9. The highest BCUT2D eigenvalue weighted by Crippen LogP contribution is 2.42. The van der Waals surface area contributed by atoms with Crippen molar-refractivity contribution in [1.82, 2.24) is 9.71 Å². The molecule has 3 nitrogen and oxygen atoms in total. The fourth-order valence-electron chi connectivity index (χ4n) is 1.95. The molecule has 0 bridgehead atoms. The summed E-state index contributed by atoms with van der Waals surface area (Å²) in [5, 5.41) is 0. The molecule has 100 valence electrons. The third-order valence-corrected chi connectivity index (χ3v) is 5.39. The molecule has 0 saturated heterocycles. The van der Waals surface area contributed by atoms with E-state index in [0.29, 0.717) is 0 Å². The second-order valence-corrected chi connectivity index (χ2v) is 8.54. The molecule has 0 aliphatic heterocycles. The van der Waals surface area contributed by atoms with Crippen molar-refractivity contribution in [3.05, 3.63) is 28.5 Å². The van der Waals surface area contributed by atoms with E-state index in [0.717, 1.165) is 29.6 Å². The first-order chi connectivity index (χ1) is 8.33. The van der Waals surface area contributed by atoms with Crippen LogP contribution < -0.4 is 4.72 Å². The number of pyridine rings is 1. The number of nitrogens with zero attached hydrogens (tertiary/aromatic N) is 1. The zero-order valence-corrected chi connectivity index (χ0v) is 13.4. The van der Waals surface area contributed by atoms with Gasteiger partial charge in [-0.3, -0.25) is 0 Å². The van der Waals surface area contributed by atoms with Crippen molar-refractivity contribution in [3.8, 4) is 0 Å². The Hall–Kier alpha value is -0.100. The molecule has 1 fully saturated rings. The standard InChI is InChI=1S/C13H19BrN2OS/c1-12(2,3)18(17)16-13(8-5-9-13)10-6-4-7-11(14)15-10/h4,6-7,16H,5,8-9H2,1-3H3. The Labute approximate surface area is 120 Å². The van der Waals surface area contributed by atoms with Gasteiger partial charge in [0.05, 0.1) is 5.69 Å². The van der Waals surface area contributed by atoms with Gasteiger partial charge < -0.3 is 4.55 Å². The number of aromatic nitrogens is 1. The normalized spacial score (nSPS) is 20.3. The summed E-state index contributed by atoms with van der Waals surface area (Å²) >= 11 is 2.33. The minimum atomic E-state index is -1.07. The van der Waals surface area contributed by atoms with Crippen LogP contribution in [-0.4, -0.2) is 14.3 Å². The largest absolute Gasteiger partial charge is 0.598 e. The van der Waals surface area contributed by atoms with E-state index in [1.165, 1.54) is 0 Å². The quantitative estimate of drug-likeness (QED) is 0.683. The fourth-order valence-corrected chi connectivity index (χ4v) is 3.26. The summed E-state index contributed by atoms with van der Waals surface area (Å²) in [6.07, 6.45) is 3.15. The van der Waals surface area contributed by atoms with Gasteiger partial charge in [0.2, 0.25) is 0 Å². The predicted octanol–water partition coefficient (Wildman–Crippen LogP) is 3.28. The van der Waals surface area contributed by atoms with Crippen molar-refractivity contribution in [3.63, 3.8) is 0 Å². The molecule has 1 aliphatic carbocycles. The van der Waals surface area contributed by atoms with Gasteiger partial charge in [-0.2, -0.15) is 0 Å². The Bertz CT molecular complexity index is 429. The van der Waals surface area contributed by atoms with Crippen LogP contribution in [0.5, 0.6) is 0 Å². The molecule has 1 N–H and O–H groups in total. The number of hydrogen-bond acceptors (Lipinski definition) is 3. The number of hydrogen-bond donors (Lipinski definition) is 1. The van der Waals surface area contributed by atoms with Gasteiger partial charge in [-0.1, -0.05) is 6.07 Å². The molecule has 1 aromatic heterocycles. The maximum atomic E-state index is 12.3. The molecule has 1 unspecified atom stereocenters. The second-order valence-electron chi connectivity index (χ2n) is 5.76. The first-order valence-corrected chi connectivity index (χ1v) is 8.11. The Morgan fingerprint density at radius 2 is 2.06 bits per heavy atom. The lowest BCUT2D eigenvalue weighted by Gasteiger charge is -2.43. The molecule has 1 saturated carbocycles. The van der Waals surface area contributed by atoms with Gasteiger partial charge in [0.1, 0.15) is 14.9 Å². The average molecular weight is 331 g/mol. The van der Waals surface area contributed by atoms with E-state index in [4.69, 9.17) is 0 Å². The van der Waals surface area contributed by atoms with E-state index < -0.39 is 11.4 Å². The van der Waals surface area contributed by atoms with Gasteiger partial charge in [-0.05, 0) is 68.1 Å². The fraction of sp³-hybridized carbons (Fsp3) is 0.615. The molecular weight excluding hydrogens is 312 g/mol. The van der Waals surface area contributed by atoms with E-state index in [9.17, 15) is 4.55 Å². The summed E-state index contributed by atoms with van der Waals surface area (Å²) in [5.41, 5.74) is 0.780. The van der Waals surface area contributed by atoms with Crippen molar-refractivity contribution < 1.29 is 4.55 Å². The summed E-state index contributed by atoms with van der Waals surface area (Å²) < 4.78 is 16.2. The smallest absolute Gasteiger partial charge is 0.136 e. The van der Waals surface area contributed by atoms with Crippen molar-refractivity contribution in [2.75, 3.05) is 0 Å². The van der Waals surface area contributed by atoms with E-state index in [2.05, 4.69) is 25.6 Å². The van der Waals surface area contributed by atoms with Crippen LogP contribution in [0.1, 0.15) is 45.7 Å². The first kappa shape index (κ1) is 14.3. The Balaban J connectivity index is 2.21. The van der Waals surface area contributed by atoms with E-state index in [1.54, 1.807) is 0 Å². The minimum absolute atomic E-state index is 0.206. The molecule has 1 aliphatic rings. The first-order valence-electron chi connectivity index (χ1n) is 6.16. The summed E-state index contributed by atoms with van der Waals surface area (Å²) in [4.78, 5) is 4.52. The highest BCUT2D eigenvalue weighted by Gasteiger charge is 2.46. The molecule has 5 heteroatoms. The van der Waals surface area contributed by atoms with E-state index in [-0.39, 0.29) is 10.3 Å². The number of rotatable bonds is 3. The van der Waals surface area contributed by atoms with Crippen LogP contribution >= 0.6 is 15.9 Å². The lowest BCUT2D eigenvalue weighted by atomic mass is 9.75. The van der Waals surface area contributed by atoms with Crippen LogP contribution in [0.4, 0.5) is 0 Å². The van der Waals surface area contributed by atoms with Crippen LogP contribution in [0.3, 0.4) is 0 Å². The van der Waals surface area contributed by atoms with Crippen molar-refractivity contribution >= 4 is 27.3 Å². The SMILES string of the molecule is CC(C)(C)[S+]([O-])NC1(c2cccc(Br)n2)CCC1. The molecule has 1 atom stereocenters. The lowest BCUT2D eigenvalue weighted by molar-refractivity contribution is 0.216. The van der Waals surface area contributed by atoms with Gasteiger partial charge in [-0.25, -0.2) is 4.98 Å². The average Bonchev–Trinajstić information content (AvgIpc) is 2.21. The summed E-state index contributed by atoms with van der Waals surface area (Å²) in [6.45, 7) is 5.95. The number of halogens is 1. The van der Waals surface area contributed by atoms with Crippen molar-refractivity contribution in [2.24, 2.45) is 0 Å². The van der Waals surface area contributed by atoms with E-state index >= 15 is 0 Å². The molecule has 2 rings (SSSR count). The monoisotopic (exact) mass is 330 g/mol. The third kappa shape index (κ3) is 2.90. The molecule has 0 aromatic carbocycles. The Kier molecular flexibility index (Phi) is 4.07. The number of nitrogens with one attached hydrogen (secondary N) is 1. The van der Waals surface area contributed by atoms with Crippen LogP contribution in [0, 0.1) is 0 Å². The topological polar surface area (TPSA) is 48.0 Å². The molecule has 0 radical (unpaired) electrons. The van der Waals surface area contributed by atoms with Crippen molar-refractivity contribution in [2.45, 2.75) is 50.3 Å². The summed E-state index contributed by atoms with van der Waals surface area (Å²) in [6, 6.07) is 5.90. The predicted molar refractivity (Wildman–Crippen MR) is 78.5 cm³/mol. The molecular formula is C13H19BrN2OS. The molecule has 18 heavy (non-hydrogen) atoms. The maximum Gasteiger partial charge on any atom is 0.136 e. The van der Waals surface area contributed by atoms with E-state index in [1.807, 2.05) is 39.0 Å². The van der Waals surface area contributed by atoms with Crippen LogP contribution in [0.25, 0.3) is 0 Å². The Morgan fingerprint density at radius 3 is 2.50 bits per heavy atom.